The second-order valence-electron chi connectivity index (χ2n) is 14.7. The van der Waals surface area contributed by atoms with E-state index in [9.17, 15) is 0 Å². The Bertz CT molecular complexity index is 3320. The van der Waals surface area contributed by atoms with E-state index in [-0.39, 0.29) is 0 Å². The summed E-state index contributed by atoms with van der Waals surface area (Å²) in [6.07, 6.45) is 6.85. The zero-order valence-corrected chi connectivity index (χ0v) is 32.1. The van der Waals surface area contributed by atoms with E-state index in [2.05, 4.69) is 192 Å². The van der Waals surface area contributed by atoms with Crippen LogP contribution in [0.3, 0.4) is 0 Å². The maximum atomic E-state index is 2.50. The normalized spacial score (nSPS) is 12.8. The lowest BCUT2D eigenvalue weighted by Gasteiger charge is -2.29. The van der Waals surface area contributed by atoms with Crippen molar-refractivity contribution in [3.63, 3.8) is 0 Å². The Kier molecular flexibility index (Phi) is 7.13. The number of hydrogen-bond acceptors (Lipinski definition) is 4. The van der Waals surface area contributed by atoms with Crippen molar-refractivity contribution in [3.05, 3.63) is 186 Å². The number of para-hydroxylation sites is 2. The molecule has 1 aliphatic carbocycles. The molecule has 4 heteroatoms. The molecule has 9 aromatic carbocycles. The van der Waals surface area contributed by atoms with E-state index in [4.69, 9.17) is 0 Å². The SMILES string of the molecule is C1=Cc2sc3c(N(c4ccccc4)c4ccc5ccc6c(N(c7ccccc7)c7cccc8c7sc7ccccc78)ccc7ccc4c5c76)cccc3c2CC1. The summed E-state index contributed by atoms with van der Waals surface area (Å²) in [5, 5.41) is 11.6. The number of rotatable bonds is 6. The molecule has 12 rings (SSSR count). The second kappa shape index (κ2) is 12.5. The smallest absolute Gasteiger partial charge is 0.0640 e. The molecule has 0 saturated carbocycles. The van der Waals surface area contributed by atoms with Gasteiger partial charge in [0.05, 0.1) is 32.1 Å². The zero-order valence-electron chi connectivity index (χ0n) is 30.4. The van der Waals surface area contributed by atoms with Gasteiger partial charge in [0, 0.05) is 42.5 Å². The Balaban J connectivity index is 1.13. The molecule has 0 aliphatic heterocycles. The highest BCUT2D eigenvalue weighted by Gasteiger charge is 2.25. The molecule has 0 fully saturated rings. The van der Waals surface area contributed by atoms with Crippen molar-refractivity contribution >= 4 is 125 Å². The topological polar surface area (TPSA) is 6.48 Å². The van der Waals surface area contributed by atoms with Gasteiger partial charge in [-0.3, -0.25) is 0 Å². The summed E-state index contributed by atoms with van der Waals surface area (Å²) in [4.78, 5) is 6.37. The van der Waals surface area contributed by atoms with Gasteiger partial charge in [-0.05, 0) is 106 Å². The lowest BCUT2D eigenvalue weighted by Crippen LogP contribution is -2.11. The first-order valence-corrected chi connectivity index (χ1v) is 21.0. The lowest BCUT2D eigenvalue weighted by molar-refractivity contribution is 1.01. The lowest BCUT2D eigenvalue weighted by atomic mass is 9.91. The number of thiophene rings is 2. The number of anilines is 6. The summed E-state index contributed by atoms with van der Waals surface area (Å²) in [7, 11) is 0. The standard InChI is InChI=1S/C52H34N2S2/c1-3-13-35(14-4-1)53(45-21-11-19-39-37-17-7-9-23-47(37)55-51(39)45)43-31-27-33-26-30-42-44(32-28-34-25-29-41(43)49(33)50(34)42)54(36-15-5-2-6-16-36)46-22-12-20-40-38-18-8-10-24-48(38)56-52(40)46/h1-7,9-17,19-32H,8,18H2. The summed E-state index contributed by atoms with van der Waals surface area (Å²) in [6, 6.07) is 62.9. The van der Waals surface area contributed by atoms with Gasteiger partial charge in [-0.1, -0.05) is 121 Å². The predicted octanol–water partition coefficient (Wildman–Crippen LogP) is 16.1. The van der Waals surface area contributed by atoms with E-state index in [0.717, 1.165) is 24.2 Å². The zero-order chi connectivity index (χ0) is 36.7. The molecule has 2 nitrogen and oxygen atoms in total. The third kappa shape index (κ3) is 4.73. The molecule has 0 saturated heterocycles. The van der Waals surface area contributed by atoms with Crippen LogP contribution in [-0.4, -0.2) is 0 Å². The highest BCUT2D eigenvalue weighted by atomic mass is 32.1. The minimum atomic E-state index is 1.10. The molecule has 0 spiro atoms. The Labute approximate surface area is 332 Å². The summed E-state index contributed by atoms with van der Waals surface area (Å²) in [5.74, 6) is 0. The predicted molar refractivity (Wildman–Crippen MR) is 245 cm³/mol. The van der Waals surface area contributed by atoms with Crippen LogP contribution in [0.2, 0.25) is 0 Å². The molecule has 2 aromatic heterocycles. The van der Waals surface area contributed by atoms with Crippen molar-refractivity contribution in [3.8, 4) is 0 Å². The van der Waals surface area contributed by atoms with Gasteiger partial charge < -0.3 is 9.80 Å². The third-order valence-corrected chi connectivity index (χ3v) is 14.1. The van der Waals surface area contributed by atoms with Gasteiger partial charge in [-0.25, -0.2) is 0 Å². The number of nitrogens with zero attached hydrogens (tertiary/aromatic N) is 2. The van der Waals surface area contributed by atoms with Gasteiger partial charge in [-0.15, -0.1) is 22.7 Å². The molecule has 56 heavy (non-hydrogen) atoms. The Morgan fingerprint density at radius 2 is 0.929 bits per heavy atom. The van der Waals surface area contributed by atoms with E-state index in [0.29, 0.717) is 0 Å². The molecule has 264 valence electrons. The van der Waals surface area contributed by atoms with Crippen molar-refractivity contribution in [2.24, 2.45) is 0 Å². The van der Waals surface area contributed by atoms with E-state index >= 15 is 0 Å². The van der Waals surface area contributed by atoms with Crippen molar-refractivity contribution in [2.45, 2.75) is 12.8 Å². The maximum Gasteiger partial charge on any atom is 0.0640 e. The van der Waals surface area contributed by atoms with E-state index in [1.807, 2.05) is 22.7 Å². The largest absolute Gasteiger partial charge is 0.308 e. The highest BCUT2D eigenvalue weighted by molar-refractivity contribution is 7.26. The van der Waals surface area contributed by atoms with Gasteiger partial charge in [0.15, 0.2) is 0 Å². The van der Waals surface area contributed by atoms with Crippen molar-refractivity contribution in [1.29, 1.82) is 0 Å². The van der Waals surface area contributed by atoms with Gasteiger partial charge in [0.2, 0.25) is 0 Å². The molecule has 2 heterocycles. The number of hydrogen-bond donors (Lipinski definition) is 0. The number of benzene rings is 9. The van der Waals surface area contributed by atoms with E-state index in [1.54, 1.807) is 0 Å². The molecule has 0 radical (unpaired) electrons. The number of aryl methyl sites for hydroxylation is 1. The molecule has 0 N–H and O–H groups in total. The van der Waals surface area contributed by atoms with Crippen LogP contribution in [0.25, 0.3) is 68.7 Å². The summed E-state index contributed by atoms with van der Waals surface area (Å²) < 4.78 is 3.95. The highest BCUT2D eigenvalue weighted by Crippen LogP contribution is 2.51. The monoisotopic (exact) mass is 750 g/mol. The van der Waals surface area contributed by atoms with Crippen LogP contribution in [0.4, 0.5) is 34.1 Å². The van der Waals surface area contributed by atoms with Gasteiger partial charge >= 0.3 is 0 Å². The van der Waals surface area contributed by atoms with Crippen LogP contribution >= 0.6 is 22.7 Å². The van der Waals surface area contributed by atoms with Crippen molar-refractivity contribution in [1.82, 2.24) is 0 Å². The van der Waals surface area contributed by atoms with E-state index < -0.39 is 0 Å². The van der Waals surface area contributed by atoms with Crippen molar-refractivity contribution in [2.75, 3.05) is 9.80 Å². The van der Waals surface area contributed by atoms with Crippen LogP contribution in [0.5, 0.6) is 0 Å². The Hall–Kier alpha value is -6.46. The molecular formula is C52H34N2S2. The van der Waals surface area contributed by atoms with Gasteiger partial charge in [0.25, 0.3) is 0 Å². The van der Waals surface area contributed by atoms with Gasteiger partial charge in [0.1, 0.15) is 0 Å². The second-order valence-corrected chi connectivity index (χ2v) is 16.8. The average molecular weight is 751 g/mol. The molecular weight excluding hydrogens is 717 g/mol. The summed E-state index contributed by atoms with van der Waals surface area (Å²) in [5.41, 5.74) is 8.57. The average Bonchev–Trinajstić information content (AvgIpc) is 3.84. The Morgan fingerprint density at radius 1 is 0.393 bits per heavy atom. The van der Waals surface area contributed by atoms with Crippen LogP contribution < -0.4 is 9.80 Å². The van der Waals surface area contributed by atoms with Crippen molar-refractivity contribution < 1.29 is 0 Å². The minimum Gasteiger partial charge on any atom is -0.308 e. The first-order valence-electron chi connectivity index (χ1n) is 19.3. The van der Waals surface area contributed by atoms with E-state index in [1.165, 1.54) is 95.8 Å². The molecule has 0 unspecified atom stereocenters. The number of allylic oxidation sites excluding steroid dienone is 1. The Morgan fingerprint density at radius 3 is 1.57 bits per heavy atom. The fourth-order valence-electron chi connectivity index (χ4n) is 9.20. The minimum absolute atomic E-state index is 1.10. The molecule has 1 aliphatic rings. The number of fused-ring (bicyclic) bond motifs is 6. The fraction of sp³-hybridized carbons (Fsp3) is 0.0385. The van der Waals surface area contributed by atoms with Crippen LogP contribution in [0.15, 0.2) is 176 Å². The first kappa shape index (κ1) is 31.8. The first-order chi connectivity index (χ1) is 27.8. The third-order valence-electron chi connectivity index (χ3n) is 11.7. The molecule has 0 atom stereocenters. The molecule has 0 amide bonds. The van der Waals surface area contributed by atoms with Crippen LogP contribution in [0, 0.1) is 0 Å². The maximum absolute atomic E-state index is 2.50. The summed E-state index contributed by atoms with van der Waals surface area (Å²) in [6.45, 7) is 0. The van der Waals surface area contributed by atoms with Gasteiger partial charge in [-0.2, -0.15) is 0 Å². The summed E-state index contributed by atoms with van der Waals surface area (Å²) >= 11 is 3.81. The van der Waals surface area contributed by atoms with Crippen LogP contribution in [0.1, 0.15) is 16.9 Å². The quantitative estimate of drug-likeness (QED) is 0.156. The molecule has 0 bridgehead atoms. The van der Waals surface area contributed by atoms with Crippen LogP contribution in [-0.2, 0) is 6.42 Å². The molecule has 11 aromatic rings. The fourth-order valence-corrected chi connectivity index (χ4v) is 11.7.